The lowest BCUT2D eigenvalue weighted by atomic mass is 10.2. The van der Waals surface area contributed by atoms with Crippen LogP contribution in [0.2, 0.25) is 0 Å². The highest BCUT2D eigenvalue weighted by Gasteiger charge is 2.30. The van der Waals surface area contributed by atoms with Crippen molar-refractivity contribution in [2.75, 3.05) is 13.2 Å². The first-order valence-electron chi connectivity index (χ1n) is 6.33. The fourth-order valence-corrected chi connectivity index (χ4v) is 2.56. The van der Waals surface area contributed by atoms with Gasteiger partial charge in [-0.15, -0.1) is 0 Å². The number of carbonyl (C=O) groups excluding carboxylic acids is 1. The van der Waals surface area contributed by atoms with E-state index in [9.17, 15) is 4.79 Å². The maximum Gasteiger partial charge on any atom is 0.270 e. The third-order valence-electron chi connectivity index (χ3n) is 3.20. The number of halogens is 1. The van der Waals surface area contributed by atoms with Crippen molar-refractivity contribution in [2.24, 2.45) is 0 Å². The van der Waals surface area contributed by atoms with Crippen LogP contribution in [0.4, 0.5) is 0 Å². The van der Waals surface area contributed by atoms with Crippen LogP contribution in [0, 0.1) is 0 Å². The molecule has 0 atom stereocenters. The van der Waals surface area contributed by atoms with E-state index in [1.165, 1.54) is 0 Å². The summed E-state index contributed by atoms with van der Waals surface area (Å²) in [5.74, 6) is -0.00310. The summed E-state index contributed by atoms with van der Waals surface area (Å²) in [6, 6.07) is 2.43. The molecule has 0 aliphatic heterocycles. The van der Waals surface area contributed by atoms with Crippen LogP contribution in [0.3, 0.4) is 0 Å². The molecule has 1 fully saturated rings. The van der Waals surface area contributed by atoms with Crippen LogP contribution < -0.4 is 0 Å². The number of hydrogen-bond acceptors (Lipinski definition) is 2. The molecular formula is C13H19BrN2O2. The number of aliphatic hydroxyl groups is 1. The maximum atomic E-state index is 12.5. The van der Waals surface area contributed by atoms with Gasteiger partial charge in [0.05, 0.1) is 6.61 Å². The average Bonchev–Trinajstić information content (AvgIpc) is 3.08. The first-order chi connectivity index (χ1) is 8.54. The summed E-state index contributed by atoms with van der Waals surface area (Å²) in [5.41, 5.74) is 0.714. The first kappa shape index (κ1) is 13.6. The number of hydrogen-bond donors (Lipinski definition) is 1. The van der Waals surface area contributed by atoms with Crippen molar-refractivity contribution in [3.63, 3.8) is 0 Å². The van der Waals surface area contributed by atoms with Crippen molar-refractivity contribution in [2.45, 2.75) is 38.8 Å². The molecule has 0 spiro atoms. The fourth-order valence-electron chi connectivity index (χ4n) is 2.12. The molecule has 1 aliphatic carbocycles. The van der Waals surface area contributed by atoms with E-state index in [2.05, 4.69) is 20.5 Å². The Balaban J connectivity index is 2.26. The lowest BCUT2D eigenvalue weighted by molar-refractivity contribution is 0.0654. The normalized spacial score (nSPS) is 15.2. The van der Waals surface area contributed by atoms with E-state index < -0.39 is 0 Å². The van der Waals surface area contributed by atoms with E-state index in [-0.39, 0.29) is 18.6 Å². The van der Waals surface area contributed by atoms with Gasteiger partial charge in [-0.1, -0.05) is 0 Å². The third-order valence-corrected chi connectivity index (χ3v) is 3.63. The zero-order chi connectivity index (χ0) is 13.3. The number of amides is 1. The van der Waals surface area contributed by atoms with Crippen LogP contribution >= 0.6 is 15.9 Å². The van der Waals surface area contributed by atoms with Crippen molar-refractivity contribution in [1.82, 2.24) is 9.47 Å². The Kier molecular flexibility index (Phi) is 4.12. The first-order valence-corrected chi connectivity index (χ1v) is 7.13. The Morgan fingerprint density at radius 1 is 1.61 bits per heavy atom. The molecule has 1 aliphatic rings. The number of carbonyl (C=O) groups is 1. The van der Waals surface area contributed by atoms with Crippen molar-refractivity contribution >= 4 is 21.8 Å². The van der Waals surface area contributed by atoms with Crippen LogP contribution in [0.1, 0.15) is 43.2 Å². The summed E-state index contributed by atoms with van der Waals surface area (Å²) in [4.78, 5) is 14.2. The number of nitrogens with zero attached hydrogens (tertiary/aromatic N) is 2. The minimum Gasteiger partial charge on any atom is -0.395 e. The van der Waals surface area contributed by atoms with Gasteiger partial charge in [0.2, 0.25) is 0 Å². The molecule has 1 saturated carbocycles. The van der Waals surface area contributed by atoms with Gasteiger partial charge in [0.1, 0.15) is 5.69 Å². The summed E-state index contributed by atoms with van der Waals surface area (Å²) >= 11 is 3.43. The monoisotopic (exact) mass is 314 g/mol. The zero-order valence-corrected chi connectivity index (χ0v) is 12.4. The second-order valence-corrected chi connectivity index (χ2v) is 5.91. The summed E-state index contributed by atoms with van der Waals surface area (Å²) < 4.78 is 2.99. The number of rotatable bonds is 5. The topological polar surface area (TPSA) is 45.5 Å². The SMILES string of the molecule is CC(C)N(CCO)C(=O)c1cc(Br)cn1C1CC1. The molecule has 1 aromatic heterocycles. The Hall–Kier alpha value is -0.810. The Morgan fingerprint density at radius 2 is 2.28 bits per heavy atom. The second kappa shape index (κ2) is 5.45. The average molecular weight is 315 g/mol. The van der Waals surface area contributed by atoms with E-state index in [1.807, 2.05) is 26.1 Å². The molecule has 0 unspecified atom stereocenters. The summed E-state index contributed by atoms with van der Waals surface area (Å²) in [6.45, 7) is 4.30. The van der Waals surface area contributed by atoms with E-state index in [0.717, 1.165) is 17.3 Å². The molecular weight excluding hydrogens is 296 g/mol. The van der Waals surface area contributed by atoms with E-state index in [4.69, 9.17) is 5.11 Å². The minimum atomic E-state index is -0.00474. The largest absolute Gasteiger partial charge is 0.395 e. The highest BCUT2D eigenvalue weighted by molar-refractivity contribution is 9.10. The van der Waals surface area contributed by atoms with Crippen molar-refractivity contribution in [3.8, 4) is 0 Å². The molecule has 100 valence electrons. The lowest BCUT2D eigenvalue weighted by Crippen LogP contribution is -2.39. The molecule has 0 aromatic carbocycles. The van der Waals surface area contributed by atoms with Crippen LogP contribution in [-0.2, 0) is 0 Å². The summed E-state index contributed by atoms with van der Waals surface area (Å²) in [6.07, 6.45) is 4.26. The summed E-state index contributed by atoms with van der Waals surface area (Å²) in [5, 5.41) is 9.07. The molecule has 0 radical (unpaired) electrons. The van der Waals surface area contributed by atoms with E-state index in [0.29, 0.717) is 18.3 Å². The molecule has 0 bridgehead atoms. The molecule has 1 aromatic rings. The molecule has 5 heteroatoms. The van der Waals surface area contributed by atoms with Gasteiger partial charge < -0.3 is 14.6 Å². The van der Waals surface area contributed by atoms with Gasteiger partial charge in [-0.2, -0.15) is 0 Å². The molecule has 2 rings (SSSR count). The van der Waals surface area contributed by atoms with Crippen molar-refractivity contribution in [1.29, 1.82) is 0 Å². The van der Waals surface area contributed by atoms with Crippen LogP contribution in [-0.4, -0.2) is 39.7 Å². The molecule has 0 saturated heterocycles. The Bertz CT molecular complexity index is 438. The van der Waals surface area contributed by atoms with Gasteiger partial charge >= 0.3 is 0 Å². The van der Waals surface area contributed by atoms with Gasteiger partial charge in [0.25, 0.3) is 5.91 Å². The van der Waals surface area contributed by atoms with Gasteiger partial charge in [0.15, 0.2) is 0 Å². The van der Waals surface area contributed by atoms with Gasteiger partial charge in [-0.25, -0.2) is 0 Å². The van der Waals surface area contributed by atoms with Crippen LogP contribution in [0.5, 0.6) is 0 Å². The quantitative estimate of drug-likeness (QED) is 0.907. The van der Waals surface area contributed by atoms with Gasteiger partial charge in [-0.05, 0) is 48.7 Å². The highest BCUT2D eigenvalue weighted by atomic mass is 79.9. The molecule has 1 heterocycles. The van der Waals surface area contributed by atoms with Crippen molar-refractivity contribution in [3.05, 3.63) is 22.4 Å². The predicted octanol–water partition coefficient (Wildman–Crippen LogP) is 2.43. The zero-order valence-electron chi connectivity index (χ0n) is 10.8. The second-order valence-electron chi connectivity index (χ2n) is 5.00. The molecule has 18 heavy (non-hydrogen) atoms. The fraction of sp³-hybridized carbons (Fsp3) is 0.615. The van der Waals surface area contributed by atoms with Crippen molar-refractivity contribution < 1.29 is 9.90 Å². The Morgan fingerprint density at radius 3 is 2.78 bits per heavy atom. The summed E-state index contributed by atoms with van der Waals surface area (Å²) in [7, 11) is 0. The molecule has 1 amide bonds. The maximum absolute atomic E-state index is 12.5. The number of aromatic nitrogens is 1. The van der Waals surface area contributed by atoms with Crippen LogP contribution in [0.15, 0.2) is 16.7 Å². The van der Waals surface area contributed by atoms with E-state index in [1.54, 1.807) is 4.90 Å². The predicted molar refractivity (Wildman–Crippen MR) is 73.7 cm³/mol. The third kappa shape index (κ3) is 2.78. The Labute approximate surface area is 116 Å². The molecule has 1 N–H and O–H groups in total. The number of aliphatic hydroxyl groups excluding tert-OH is 1. The lowest BCUT2D eigenvalue weighted by Gasteiger charge is -2.26. The minimum absolute atomic E-state index is 0.00310. The van der Waals surface area contributed by atoms with Gasteiger partial charge in [-0.3, -0.25) is 4.79 Å². The standard InChI is InChI=1S/C13H19BrN2O2/c1-9(2)15(5-6-17)13(18)12-7-10(14)8-16(12)11-3-4-11/h7-9,11,17H,3-6H2,1-2H3. The van der Waals surface area contributed by atoms with Gasteiger partial charge in [0, 0.05) is 29.3 Å². The smallest absolute Gasteiger partial charge is 0.270 e. The highest BCUT2D eigenvalue weighted by Crippen LogP contribution is 2.37. The molecule has 4 nitrogen and oxygen atoms in total. The van der Waals surface area contributed by atoms with Crippen LogP contribution in [0.25, 0.3) is 0 Å². The van der Waals surface area contributed by atoms with E-state index >= 15 is 0 Å².